The molecule has 0 radical (unpaired) electrons. The lowest BCUT2D eigenvalue weighted by molar-refractivity contribution is -0.144. The van der Waals surface area contributed by atoms with Gasteiger partial charge in [-0.25, -0.2) is 0 Å². The Bertz CT molecular complexity index is 1300. The summed E-state index contributed by atoms with van der Waals surface area (Å²) in [5.41, 5.74) is 8.06. The van der Waals surface area contributed by atoms with Gasteiger partial charge in [0.05, 0.1) is 18.2 Å². The van der Waals surface area contributed by atoms with Gasteiger partial charge in [-0.05, 0) is 60.6 Å². The highest BCUT2D eigenvalue weighted by molar-refractivity contribution is 7.98. The Kier molecular flexibility index (Phi) is 7.57. The number of benzene rings is 3. The first-order valence-corrected chi connectivity index (χ1v) is 13.7. The highest BCUT2D eigenvalue weighted by Gasteiger charge is 2.45. The summed E-state index contributed by atoms with van der Waals surface area (Å²) < 4.78 is 10.9. The minimum atomic E-state index is -0.0706. The minimum absolute atomic E-state index is 0.0196. The normalized spacial score (nSPS) is 16.6. The maximum absolute atomic E-state index is 11.9. The van der Waals surface area contributed by atoms with Crippen molar-refractivity contribution < 1.29 is 14.1 Å². The molecule has 2 atom stereocenters. The van der Waals surface area contributed by atoms with Crippen LogP contribution in [0.25, 0.3) is 22.5 Å². The molecule has 5 heteroatoms. The second kappa shape index (κ2) is 11.2. The number of hydrogen-bond acceptors (Lipinski definition) is 5. The number of aryl methyl sites for hydroxylation is 2. The molecule has 0 saturated heterocycles. The summed E-state index contributed by atoms with van der Waals surface area (Å²) >= 11 is 1.91. The molecule has 5 rings (SSSR count). The number of carbonyl (C=O) groups excluding carboxylic acids is 1. The fourth-order valence-corrected chi connectivity index (χ4v) is 5.67. The van der Waals surface area contributed by atoms with Crippen molar-refractivity contribution in [3.05, 3.63) is 101 Å². The lowest BCUT2D eigenvalue weighted by atomic mass is 9.99. The van der Waals surface area contributed by atoms with Gasteiger partial charge in [-0.15, -0.1) is 0 Å². The molecule has 1 fully saturated rings. The van der Waals surface area contributed by atoms with Crippen LogP contribution in [-0.4, -0.2) is 23.5 Å². The predicted octanol–water partition coefficient (Wildman–Crippen LogP) is 7.46. The standard InChI is InChI=1S/C31H31NO3S/c1-3-34-31(33)28-19-27(28)25-13-9-23(10-14-25)24-11-15-26(16-12-24)30-29(21(2)32-35-30)20-36-18-17-22-7-5-4-6-8-22/h4-16,27-28H,3,17-20H2,1-2H3. The van der Waals surface area contributed by atoms with Crippen molar-refractivity contribution in [1.29, 1.82) is 0 Å². The molecule has 4 aromatic rings. The lowest BCUT2D eigenvalue weighted by Crippen LogP contribution is -2.07. The van der Waals surface area contributed by atoms with Crippen LogP contribution in [0.2, 0.25) is 0 Å². The maximum atomic E-state index is 11.9. The summed E-state index contributed by atoms with van der Waals surface area (Å²) in [5.74, 6) is 3.04. The number of carbonyl (C=O) groups is 1. The van der Waals surface area contributed by atoms with Crippen LogP contribution in [0.5, 0.6) is 0 Å². The third-order valence-electron chi connectivity index (χ3n) is 6.81. The van der Waals surface area contributed by atoms with E-state index in [0.717, 1.165) is 52.5 Å². The average molecular weight is 498 g/mol. The first-order valence-electron chi connectivity index (χ1n) is 12.6. The van der Waals surface area contributed by atoms with Crippen LogP contribution >= 0.6 is 11.8 Å². The summed E-state index contributed by atoms with van der Waals surface area (Å²) in [6.45, 7) is 4.31. The predicted molar refractivity (Wildman–Crippen MR) is 146 cm³/mol. The molecular weight excluding hydrogens is 466 g/mol. The molecule has 0 bridgehead atoms. The zero-order chi connectivity index (χ0) is 24.9. The van der Waals surface area contributed by atoms with Crippen LogP contribution in [-0.2, 0) is 21.7 Å². The Morgan fingerprint density at radius 2 is 1.64 bits per heavy atom. The van der Waals surface area contributed by atoms with Gasteiger partial charge in [0.15, 0.2) is 5.76 Å². The number of ether oxygens (including phenoxy) is 1. The Labute approximate surface area is 217 Å². The van der Waals surface area contributed by atoms with Crippen LogP contribution in [0.3, 0.4) is 0 Å². The van der Waals surface area contributed by atoms with Gasteiger partial charge in [0.2, 0.25) is 0 Å². The van der Waals surface area contributed by atoms with E-state index in [2.05, 4.69) is 84.0 Å². The molecule has 2 unspecified atom stereocenters. The van der Waals surface area contributed by atoms with E-state index in [1.54, 1.807) is 0 Å². The van der Waals surface area contributed by atoms with Gasteiger partial charge in [0.1, 0.15) is 0 Å². The van der Waals surface area contributed by atoms with Crippen LogP contribution in [0.1, 0.15) is 41.6 Å². The van der Waals surface area contributed by atoms with Gasteiger partial charge in [0.25, 0.3) is 0 Å². The first-order chi connectivity index (χ1) is 17.6. The van der Waals surface area contributed by atoms with Crippen molar-refractivity contribution in [2.24, 2.45) is 5.92 Å². The number of aromatic nitrogens is 1. The molecule has 4 nitrogen and oxygen atoms in total. The molecular formula is C31H31NO3S. The van der Waals surface area contributed by atoms with E-state index in [1.807, 2.05) is 25.6 Å². The average Bonchev–Trinajstić information content (AvgIpc) is 3.64. The van der Waals surface area contributed by atoms with Crippen LogP contribution in [0.4, 0.5) is 0 Å². The van der Waals surface area contributed by atoms with Gasteiger partial charge in [0, 0.05) is 16.9 Å². The summed E-state index contributed by atoms with van der Waals surface area (Å²) in [7, 11) is 0. The van der Waals surface area contributed by atoms with Crippen molar-refractivity contribution >= 4 is 17.7 Å². The number of thioether (sulfide) groups is 1. The van der Waals surface area contributed by atoms with Gasteiger partial charge in [-0.1, -0.05) is 84.0 Å². The molecule has 0 N–H and O–H groups in total. The Balaban J connectivity index is 1.21. The van der Waals surface area contributed by atoms with E-state index in [-0.39, 0.29) is 11.9 Å². The molecule has 1 aliphatic carbocycles. The second-order valence-electron chi connectivity index (χ2n) is 9.26. The Morgan fingerprint density at radius 3 is 2.33 bits per heavy atom. The molecule has 1 heterocycles. The number of hydrogen-bond donors (Lipinski definition) is 0. The Morgan fingerprint density at radius 1 is 0.972 bits per heavy atom. The van der Waals surface area contributed by atoms with Gasteiger partial charge in [-0.3, -0.25) is 4.79 Å². The van der Waals surface area contributed by atoms with Gasteiger partial charge in [-0.2, -0.15) is 11.8 Å². The maximum Gasteiger partial charge on any atom is 0.309 e. The number of esters is 1. The quantitative estimate of drug-likeness (QED) is 0.168. The first kappa shape index (κ1) is 24.4. The topological polar surface area (TPSA) is 52.3 Å². The second-order valence-corrected chi connectivity index (χ2v) is 10.4. The van der Waals surface area contributed by atoms with Crippen molar-refractivity contribution in [1.82, 2.24) is 5.16 Å². The lowest BCUT2D eigenvalue weighted by Gasteiger charge is -2.07. The fourth-order valence-electron chi connectivity index (χ4n) is 4.60. The molecule has 1 aliphatic rings. The molecule has 1 saturated carbocycles. The smallest absolute Gasteiger partial charge is 0.309 e. The minimum Gasteiger partial charge on any atom is -0.466 e. The monoisotopic (exact) mass is 497 g/mol. The van der Waals surface area contributed by atoms with E-state index < -0.39 is 0 Å². The molecule has 0 aliphatic heterocycles. The molecule has 0 amide bonds. The Hall–Kier alpha value is -3.31. The highest BCUT2D eigenvalue weighted by atomic mass is 32.2. The summed E-state index contributed by atoms with van der Waals surface area (Å²) in [6.07, 6.45) is 1.94. The van der Waals surface area contributed by atoms with Gasteiger partial charge < -0.3 is 9.26 Å². The van der Waals surface area contributed by atoms with E-state index >= 15 is 0 Å². The molecule has 1 aromatic heterocycles. The van der Waals surface area contributed by atoms with E-state index in [9.17, 15) is 4.79 Å². The summed E-state index contributed by atoms with van der Waals surface area (Å²) in [6, 6.07) is 27.6. The summed E-state index contributed by atoms with van der Waals surface area (Å²) in [4.78, 5) is 11.9. The van der Waals surface area contributed by atoms with Crippen molar-refractivity contribution in [3.63, 3.8) is 0 Å². The number of nitrogens with zero attached hydrogens (tertiary/aromatic N) is 1. The van der Waals surface area contributed by atoms with Crippen LogP contribution in [0, 0.1) is 12.8 Å². The van der Waals surface area contributed by atoms with E-state index in [1.165, 1.54) is 16.7 Å². The third kappa shape index (κ3) is 5.57. The van der Waals surface area contributed by atoms with E-state index in [0.29, 0.717) is 12.5 Å². The molecule has 36 heavy (non-hydrogen) atoms. The number of rotatable bonds is 10. The SMILES string of the molecule is CCOC(=O)C1CC1c1ccc(-c2ccc(-c3onc(C)c3CSCCc3ccccc3)cc2)cc1. The molecule has 3 aromatic carbocycles. The zero-order valence-corrected chi connectivity index (χ0v) is 21.6. The van der Waals surface area contributed by atoms with Crippen molar-refractivity contribution in [2.45, 2.75) is 38.4 Å². The zero-order valence-electron chi connectivity index (χ0n) is 20.8. The van der Waals surface area contributed by atoms with Crippen molar-refractivity contribution in [3.8, 4) is 22.5 Å². The highest BCUT2D eigenvalue weighted by Crippen LogP contribution is 2.48. The third-order valence-corrected chi connectivity index (χ3v) is 7.79. The summed E-state index contributed by atoms with van der Waals surface area (Å²) in [5, 5.41) is 4.25. The van der Waals surface area contributed by atoms with Crippen LogP contribution < -0.4 is 0 Å². The van der Waals surface area contributed by atoms with Crippen LogP contribution in [0.15, 0.2) is 83.4 Å². The molecule has 0 spiro atoms. The van der Waals surface area contributed by atoms with Gasteiger partial charge >= 0.3 is 5.97 Å². The van der Waals surface area contributed by atoms with Crippen molar-refractivity contribution in [2.75, 3.05) is 12.4 Å². The van der Waals surface area contributed by atoms with E-state index in [4.69, 9.17) is 9.26 Å². The fraction of sp³-hybridized carbons (Fsp3) is 0.290. The largest absolute Gasteiger partial charge is 0.466 e. The molecule has 184 valence electrons.